The zero-order valence-corrected chi connectivity index (χ0v) is 15.6. The smallest absolute Gasteiger partial charge is 0.264 e. The summed E-state index contributed by atoms with van der Waals surface area (Å²) in [6.45, 7) is 2.10. The van der Waals surface area contributed by atoms with Crippen molar-refractivity contribution in [2.45, 2.75) is 13.5 Å². The number of nitriles is 1. The van der Waals surface area contributed by atoms with Crippen molar-refractivity contribution in [1.82, 2.24) is 4.98 Å². The van der Waals surface area contributed by atoms with Gasteiger partial charge in [-0.25, -0.2) is 0 Å². The van der Waals surface area contributed by atoms with Crippen molar-refractivity contribution in [2.24, 2.45) is 0 Å². The molecule has 0 aliphatic carbocycles. The number of benzene rings is 2. The van der Waals surface area contributed by atoms with E-state index in [9.17, 15) is 14.9 Å². The van der Waals surface area contributed by atoms with Crippen LogP contribution in [0.2, 0.25) is 0 Å². The first kappa shape index (κ1) is 18.3. The molecule has 7 nitrogen and oxygen atoms in total. The highest BCUT2D eigenvalue weighted by Crippen LogP contribution is 2.33. The summed E-state index contributed by atoms with van der Waals surface area (Å²) in [6.07, 6.45) is 0. The number of amides is 1. The molecule has 144 valence electrons. The number of hydrogen-bond acceptors (Lipinski definition) is 5. The van der Waals surface area contributed by atoms with Crippen molar-refractivity contribution in [3.8, 4) is 17.6 Å². The standard InChI is InChI=1S/C22H17N3O4/c1-14-5-7-18(21(26)24-14)22(27)25(17-4-2-3-15(9-17)11-23)12-16-6-8-19-20(10-16)29-13-28-19/h2-10H,12-13H2,1H3,(H,24,26). The molecule has 1 aliphatic rings. The maximum Gasteiger partial charge on any atom is 0.264 e. The number of pyridine rings is 1. The average molecular weight is 387 g/mol. The van der Waals surface area contributed by atoms with Gasteiger partial charge in [-0.05, 0) is 55.0 Å². The Hall–Kier alpha value is -4.05. The number of anilines is 1. The molecular weight excluding hydrogens is 370 g/mol. The SMILES string of the molecule is Cc1ccc(C(=O)N(Cc2ccc3c(c2)OCO3)c2cccc(C#N)c2)c(=O)[nH]1. The van der Waals surface area contributed by atoms with Gasteiger partial charge in [-0.1, -0.05) is 12.1 Å². The third-order valence-corrected chi connectivity index (χ3v) is 4.60. The van der Waals surface area contributed by atoms with E-state index in [1.165, 1.54) is 11.0 Å². The van der Waals surface area contributed by atoms with Crippen LogP contribution >= 0.6 is 0 Å². The minimum absolute atomic E-state index is 0.0266. The molecule has 2 aromatic carbocycles. The molecule has 1 aliphatic heterocycles. The summed E-state index contributed by atoms with van der Waals surface area (Å²) >= 11 is 0. The first-order valence-corrected chi connectivity index (χ1v) is 8.95. The summed E-state index contributed by atoms with van der Waals surface area (Å²) in [5, 5.41) is 9.23. The van der Waals surface area contributed by atoms with Gasteiger partial charge in [0.2, 0.25) is 6.79 Å². The van der Waals surface area contributed by atoms with Gasteiger partial charge in [0, 0.05) is 11.4 Å². The van der Waals surface area contributed by atoms with Crippen LogP contribution in [0.15, 0.2) is 59.4 Å². The summed E-state index contributed by atoms with van der Waals surface area (Å²) in [4.78, 5) is 29.8. The molecule has 0 fully saturated rings. The number of nitrogens with one attached hydrogen (secondary N) is 1. The van der Waals surface area contributed by atoms with Crippen molar-refractivity contribution < 1.29 is 14.3 Å². The van der Waals surface area contributed by atoms with Gasteiger partial charge in [0.25, 0.3) is 11.5 Å². The van der Waals surface area contributed by atoms with Crippen LogP contribution in [0.1, 0.15) is 27.2 Å². The topological polar surface area (TPSA) is 95.4 Å². The van der Waals surface area contributed by atoms with E-state index in [1.807, 2.05) is 6.07 Å². The molecule has 1 aromatic heterocycles. The molecule has 0 radical (unpaired) electrons. The summed E-state index contributed by atoms with van der Waals surface area (Å²) in [5.74, 6) is 0.793. The third kappa shape index (κ3) is 3.69. The third-order valence-electron chi connectivity index (χ3n) is 4.60. The number of carbonyl (C=O) groups excluding carboxylic acids is 1. The molecule has 0 atom stereocenters. The van der Waals surface area contributed by atoms with Crippen molar-refractivity contribution in [3.05, 3.63) is 87.3 Å². The van der Waals surface area contributed by atoms with Gasteiger partial charge in [0.1, 0.15) is 5.56 Å². The molecule has 0 unspecified atom stereocenters. The predicted octanol–water partition coefficient (Wildman–Crippen LogP) is 3.13. The summed E-state index contributed by atoms with van der Waals surface area (Å²) in [5.41, 5.74) is 1.98. The number of rotatable bonds is 4. The zero-order chi connectivity index (χ0) is 20.4. The van der Waals surface area contributed by atoms with Gasteiger partial charge in [-0.2, -0.15) is 5.26 Å². The molecule has 0 saturated heterocycles. The fourth-order valence-corrected chi connectivity index (χ4v) is 3.13. The maximum atomic E-state index is 13.3. The highest BCUT2D eigenvalue weighted by molar-refractivity contribution is 6.05. The van der Waals surface area contributed by atoms with Crippen LogP contribution < -0.4 is 19.9 Å². The molecule has 4 rings (SSSR count). The number of H-pyrrole nitrogens is 1. The highest BCUT2D eigenvalue weighted by atomic mass is 16.7. The average Bonchev–Trinajstić information content (AvgIpc) is 3.19. The quantitative estimate of drug-likeness (QED) is 0.742. The summed E-state index contributed by atoms with van der Waals surface area (Å²) in [7, 11) is 0. The van der Waals surface area contributed by atoms with Crippen molar-refractivity contribution >= 4 is 11.6 Å². The van der Waals surface area contributed by atoms with E-state index < -0.39 is 11.5 Å². The number of aromatic amines is 1. The van der Waals surface area contributed by atoms with Crippen LogP contribution in [0.5, 0.6) is 11.5 Å². The predicted molar refractivity (Wildman–Crippen MR) is 106 cm³/mol. The molecule has 7 heteroatoms. The summed E-state index contributed by atoms with van der Waals surface area (Å²) in [6, 6.07) is 17.4. The van der Waals surface area contributed by atoms with E-state index in [0.717, 1.165) is 5.56 Å². The van der Waals surface area contributed by atoms with Crippen molar-refractivity contribution in [2.75, 3.05) is 11.7 Å². The van der Waals surface area contributed by atoms with E-state index in [1.54, 1.807) is 49.4 Å². The van der Waals surface area contributed by atoms with Gasteiger partial charge in [0.05, 0.1) is 18.2 Å². The minimum atomic E-state index is -0.459. The van der Waals surface area contributed by atoms with E-state index in [4.69, 9.17) is 9.47 Å². The van der Waals surface area contributed by atoms with Crippen LogP contribution in [0, 0.1) is 18.3 Å². The summed E-state index contributed by atoms with van der Waals surface area (Å²) < 4.78 is 10.7. The second kappa shape index (κ2) is 7.52. The van der Waals surface area contributed by atoms with Gasteiger partial charge in [0.15, 0.2) is 11.5 Å². The van der Waals surface area contributed by atoms with E-state index >= 15 is 0 Å². The molecule has 29 heavy (non-hydrogen) atoms. The second-order valence-corrected chi connectivity index (χ2v) is 6.63. The largest absolute Gasteiger partial charge is 0.454 e. The van der Waals surface area contributed by atoms with Gasteiger partial charge >= 0.3 is 0 Å². The molecule has 0 saturated carbocycles. The Kier molecular flexibility index (Phi) is 4.75. The maximum absolute atomic E-state index is 13.3. The van der Waals surface area contributed by atoms with Crippen LogP contribution in [0.25, 0.3) is 0 Å². The van der Waals surface area contributed by atoms with E-state index in [-0.39, 0.29) is 18.9 Å². The molecule has 2 heterocycles. The lowest BCUT2D eigenvalue weighted by molar-refractivity contribution is 0.0983. The normalized spacial score (nSPS) is 11.7. The number of hydrogen-bond donors (Lipinski definition) is 1. The Morgan fingerprint density at radius 1 is 1.14 bits per heavy atom. The monoisotopic (exact) mass is 387 g/mol. The fourth-order valence-electron chi connectivity index (χ4n) is 3.13. The molecule has 0 bridgehead atoms. The van der Waals surface area contributed by atoms with Gasteiger partial charge < -0.3 is 19.4 Å². The molecule has 1 amide bonds. The fraction of sp³-hybridized carbons (Fsp3) is 0.136. The van der Waals surface area contributed by atoms with Crippen LogP contribution in [-0.4, -0.2) is 17.7 Å². The van der Waals surface area contributed by atoms with Crippen LogP contribution in [0.4, 0.5) is 5.69 Å². The first-order valence-electron chi connectivity index (χ1n) is 8.95. The Morgan fingerprint density at radius 2 is 1.97 bits per heavy atom. The molecule has 3 aromatic rings. The van der Waals surface area contributed by atoms with Crippen LogP contribution in [0.3, 0.4) is 0 Å². The highest BCUT2D eigenvalue weighted by Gasteiger charge is 2.22. The Morgan fingerprint density at radius 3 is 2.76 bits per heavy atom. The lowest BCUT2D eigenvalue weighted by atomic mass is 10.1. The van der Waals surface area contributed by atoms with Gasteiger partial charge in [-0.15, -0.1) is 0 Å². The molecule has 0 spiro atoms. The Labute approximate surface area is 166 Å². The molecule has 1 N–H and O–H groups in total. The number of aromatic nitrogens is 1. The lowest BCUT2D eigenvalue weighted by Gasteiger charge is -2.23. The number of nitrogens with zero attached hydrogens (tertiary/aromatic N) is 2. The number of carbonyl (C=O) groups is 1. The first-order chi connectivity index (χ1) is 14.0. The molecular formula is C22H17N3O4. The van der Waals surface area contributed by atoms with E-state index in [2.05, 4.69) is 11.1 Å². The van der Waals surface area contributed by atoms with Crippen LogP contribution in [-0.2, 0) is 6.54 Å². The lowest BCUT2D eigenvalue weighted by Crippen LogP contribution is -2.34. The van der Waals surface area contributed by atoms with Crippen molar-refractivity contribution in [3.63, 3.8) is 0 Å². The second-order valence-electron chi connectivity index (χ2n) is 6.63. The van der Waals surface area contributed by atoms with Gasteiger partial charge in [-0.3, -0.25) is 9.59 Å². The number of fused-ring (bicyclic) bond motifs is 1. The Balaban J connectivity index is 1.75. The van der Waals surface area contributed by atoms with Crippen molar-refractivity contribution in [1.29, 1.82) is 5.26 Å². The zero-order valence-electron chi connectivity index (χ0n) is 15.6. The Bertz CT molecular complexity index is 1190. The van der Waals surface area contributed by atoms with E-state index in [0.29, 0.717) is 28.4 Å². The number of aryl methyl sites for hydroxylation is 1. The number of ether oxygens (including phenoxy) is 2. The minimum Gasteiger partial charge on any atom is -0.454 e.